The Morgan fingerprint density at radius 1 is 1.14 bits per heavy atom. The Kier molecular flexibility index (Phi) is 6.95. The third-order valence-electron chi connectivity index (χ3n) is 3.97. The zero-order chi connectivity index (χ0) is 19.9. The number of aromatic nitrogens is 3. The van der Waals surface area contributed by atoms with Crippen LogP contribution in [0.1, 0.15) is 13.3 Å². The van der Waals surface area contributed by atoms with Crippen molar-refractivity contribution in [1.82, 2.24) is 14.8 Å². The highest BCUT2D eigenvalue weighted by Gasteiger charge is 2.15. The maximum Gasteiger partial charge on any atom is 0.234 e. The predicted molar refractivity (Wildman–Crippen MR) is 113 cm³/mol. The van der Waals surface area contributed by atoms with Crippen LogP contribution in [0.3, 0.4) is 0 Å². The van der Waals surface area contributed by atoms with E-state index in [4.69, 9.17) is 16.3 Å². The molecular weight excluding hydrogens is 396 g/mol. The van der Waals surface area contributed by atoms with Crippen LogP contribution in [0, 0.1) is 0 Å². The number of carbonyl (C=O) groups excluding carboxylic acids is 1. The highest BCUT2D eigenvalue weighted by Crippen LogP contribution is 2.25. The largest absolute Gasteiger partial charge is 0.497 e. The van der Waals surface area contributed by atoms with Gasteiger partial charge in [0, 0.05) is 22.8 Å². The molecule has 3 aromatic rings. The standard InChI is InChI=1S/C20H21ClN4O2S/c1-3-12-25-19(14-4-6-15(21)7-5-14)23-24-20(25)28-13-18(26)22-16-8-10-17(27-2)11-9-16/h4-11H,3,12-13H2,1-2H3,(H,22,26). The second-order valence-corrected chi connectivity index (χ2v) is 7.41. The number of hydrogen-bond acceptors (Lipinski definition) is 5. The van der Waals surface area contributed by atoms with E-state index in [1.807, 2.05) is 28.8 Å². The van der Waals surface area contributed by atoms with Crippen molar-refractivity contribution < 1.29 is 9.53 Å². The second kappa shape index (κ2) is 9.61. The van der Waals surface area contributed by atoms with E-state index in [1.54, 1.807) is 31.4 Å². The molecular formula is C20H21ClN4O2S. The van der Waals surface area contributed by atoms with Gasteiger partial charge < -0.3 is 14.6 Å². The molecule has 0 fully saturated rings. The van der Waals surface area contributed by atoms with E-state index in [-0.39, 0.29) is 11.7 Å². The van der Waals surface area contributed by atoms with Crippen molar-refractivity contribution in [3.63, 3.8) is 0 Å². The Hall–Kier alpha value is -2.51. The number of rotatable bonds is 8. The van der Waals surface area contributed by atoms with Crippen molar-refractivity contribution in [2.45, 2.75) is 25.0 Å². The minimum atomic E-state index is -0.103. The van der Waals surface area contributed by atoms with Gasteiger partial charge in [0.15, 0.2) is 11.0 Å². The van der Waals surface area contributed by atoms with Crippen molar-refractivity contribution in [3.05, 3.63) is 53.6 Å². The quantitative estimate of drug-likeness (QED) is 0.537. The molecule has 0 aliphatic heterocycles. The zero-order valence-electron chi connectivity index (χ0n) is 15.7. The molecule has 28 heavy (non-hydrogen) atoms. The van der Waals surface area contributed by atoms with Crippen LogP contribution in [0.15, 0.2) is 53.7 Å². The van der Waals surface area contributed by atoms with E-state index in [2.05, 4.69) is 22.4 Å². The van der Waals surface area contributed by atoms with Gasteiger partial charge in [0.2, 0.25) is 5.91 Å². The molecule has 1 heterocycles. The van der Waals surface area contributed by atoms with Gasteiger partial charge in [-0.1, -0.05) is 30.3 Å². The molecule has 6 nitrogen and oxygen atoms in total. The monoisotopic (exact) mass is 416 g/mol. The minimum Gasteiger partial charge on any atom is -0.497 e. The summed E-state index contributed by atoms with van der Waals surface area (Å²) >= 11 is 7.34. The highest BCUT2D eigenvalue weighted by atomic mass is 35.5. The summed E-state index contributed by atoms with van der Waals surface area (Å²) < 4.78 is 7.16. The molecule has 8 heteroatoms. The number of carbonyl (C=O) groups is 1. The lowest BCUT2D eigenvalue weighted by Crippen LogP contribution is -2.14. The number of ether oxygens (including phenoxy) is 1. The number of nitrogens with one attached hydrogen (secondary N) is 1. The molecule has 0 aliphatic rings. The first-order valence-electron chi connectivity index (χ1n) is 8.86. The van der Waals surface area contributed by atoms with Crippen LogP contribution >= 0.6 is 23.4 Å². The van der Waals surface area contributed by atoms with Crippen molar-refractivity contribution in [2.75, 3.05) is 18.2 Å². The SMILES string of the molecule is CCCn1c(SCC(=O)Nc2ccc(OC)cc2)nnc1-c1ccc(Cl)cc1. The first-order valence-corrected chi connectivity index (χ1v) is 10.2. The summed E-state index contributed by atoms with van der Waals surface area (Å²) in [6, 6.07) is 14.7. The van der Waals surface area contributed by atoms with Gasteiger partial charge in [-0.3, -0.25) is 4.79 Å². The topological polar surface area (TPSA) is 69.0 Å². The van der Waals surface area contributed by atoms with Crippen molar-refractivity contribution >= 4 is 35.0 Å². The van der Waals surface area contributed by atoms with Crippen LogP contribution in [-0.4, -0.2) is 33.5 Å². The second-order valence-electron chi connectivity index (χ2n) is 6.03. The summed E-state index contributed by atoms with van der Waals surface area (Å²) in [5.41, 5.74) is 1.67. The minimum absolute atomic E-state index is 0.103. The van der Waals surface area contributed by atoms with E-state index >= 15 is 0 Å². The Balaban J connectivity index is 1.67. The van der Waals surface area contributed by atoms with E-state index in [0.29, 0.717) is 5.02 Å². The number of benzene rings is 2. The Morgan fingerprint density at radius 3 is 2.50 bits per heavy atom. The van der Waals surface area contributed by atoms with Crippen LogP contribution in [0.5, 0.6) is 5.75 Å². The Bertz CT molecular complexity index is 926. The predicted octanol–water partition coefficient (Wildman–Crippen LogP) is 4.75. The normalized spacial score (nSPS) is 10.7. The molecule has 3 rings (SSSR count). The first kappa shape index (κ1) is 20.2. The molecule has 2 aromatic carbocycles. The average Bonchev–Trinajstić information content (AvgIpc) is 3.10. The van der Waals surface area contributed by atoms with E-state index in [1.165, 1.54) is 11.8 Å². The lowest BCUT2D eigenvalue weighted by Gasteiger charge is -2.09. The van der Waals surface area contributed by atoms with Crippen molar-refractivity contribution in [2.24, 2.45) is 0 Å². The summed E-state index contributed by atoms with van der Waals surface area (Å²) in [6.07, 6.45) is 0.935. The van der Waals surface area contributed by atoms with Gasteiger partial charge in [0.25, 0.3) is 0 Å². The summed E-state index contributed by atoms with van der Waals surface area (Å²) in [5.74, 6) is 1.66. The molecule has 1 amide bonds. The number of amides is 1. The van der Waals surface area contributed by atoms with Crippen LogP contribution in [-0.2, 0) is 11.3 Å². The van der Waals surface area contributed by atoms with Gasteiger partial charge in [0.1, 0.15) is 5.75 Å². The maximum atomic E-state index is 12.3. The molecule has 0 atom stereocenters. The zero-order valence-corrected chi connectivity index (χ0v) is 17.3. The van der Waals surface area contributed by atoms with Crippen LogP contribution in [0.4, 0.5) is 5.69 Å². The molecule has 0 spiro atoms. The average molecular weight is 417 g/mol. The fraction of sp³-hybridized carbons (Fsp3) is 0.250. The summed E-state index contributed by atoms with van der Waals surface area (Å²) in [7, 11) is 1.61. The highest BCUT2D eigenvalue weighted by molar-refractivity contribution is 7.99. The fourth-order valence-electron chi connectivity index (χ4n) is 2.63. The number of nitrogens with zero attached hydrogens (tertiary/aromatic N) is 3. The third kappa shape index (κ3) is 5.05. The lowest BCUT2D eigenvalue weighted by atomic mass is 10.2. The van der Waals surface area contributed by atoms with E-state index in [0.717, 1.165) is 40.9 Å². The van der Waals surface area contributed by atoms with Gasteiger partial charge in [-0.05, 0) is 55.0 Å². The van der Waals surface area contributed by atoms with Gasteiger partial charge in [-0.25, -0.2) is 0 Å². The van der Waals surface area contributed by atoms with Gasteiger partial charge >= 0.3 is 0 Å². The van der Waals surface area contributed by atoms with Crippen molar-refractivity contribution in [1.29, 1.82) is 0 Å². The number of thioether (sulfide) groups is 1. The fourth-order valence-corrected chi connectivity index (χ4v) is 3.53. The van der Waals surface area contributed by atoms with E-state index < -0.39 is 0 Å². The van der Waals surface area contributed by atoms with Crippen LogP contribution in [0.25, 0.3) is 11.4 Å². The molecule has 146 valence electrons. The van der Waals surface area contributed by atoms with Gasteiger partial charge in [-0.15, -0.1) is 10.2 Å². The number of anilines is 1. The van der Waals surface area contributed by atoms with Gasteiger partial charge in [-0.2, -0.15) is 0 Å². The first-order chi connectivity index (χ1) is 13.6. The smallest absolute Gasteiger partial charge is 0.234 e. The van der Waals surface area contributed by atoms with Crippen LogP contribution < -0.4 is 10.1 Å². The van der Waals surface area contributed by atoms with Crippen molar-refractivity contribution in [3.8, 4) is 17.1 Å². The molecule has 0 saturated carbocycles. The van der Waals surface area contributed by atoms with E-state index in [9.17, 15) is 4.79 Å². The number of hydrogen-bond donors (Lipinski definition) is 1. The summed E-state index contributed by atoms with van der Waals surface area (Å²) in [5, 5.41) is 12.9. The Labute approximate surface area is 173 Å². The molecule has 1 N–H and O–H groups in total. The number of halogens is 1. The molecule has 0 aliphatic carbocycles. The molecule has 1 aromatic heterocycles. The Morgan fingerprint density at radius 2 is 1.86 bits per heavy atom. The summed E-state index contributed by atoms with van der Waals surface area (Å²) in [6.45, 7) is 2.86. The summed E-state index contributed by atoms with van der Waals surface area (Å²) in [4.78, 5) is 12.3. The maximum absolute atomic E-state index is 12.3. The molecule has 0 bridgehead atoms. The molecule has 0 unspecified atom stereocenters. The van der Waals surface area contributed by atoms with Crippen LogP contribution in [0.2, 0.25) is 5.02 Å². The molecule has 0 saturated heterocycles. The lowest BCUT2D eigenvalue weighted by molar-refractivity contribution is -0.113. The number of methoxy groups -OCH3 is 1. The molecule has 0 radical (unpaired) electrons. The third-order valence-corrected chi connectivity index (χ3v) is 5.19. The van der Waals surface area contributed by atoms with Gasteiger partial charge in [0.05, 0.1) is 12.9 Å².